The molecule has 0 radical (unpaired) electrons. The van der Waals surface area contributed by atoms with E-state index in [1.807, 2.05) is 6.07 Å². The predicted molar refractivity (Wildman–Crippen MR) is 90.6 cm³/mol. The summed E-state index contributed by atoms with van der Waals surface area (Å²) < 4.78 is 23.2. The van der Waals surface area contributed by atoms with Crippen LogP contribution in [0.2, 0.25) is 5.02 Å². The normalized spacial score (nSPS) is 19.9. The van der Waals surface area contributed by atoms with Crippen LogP contribution in [-0.2, 0) is 9.84 Å². The van der Waals surface area contributed by atoms with Crippen LogP contribution in [0.4, 0.5) is 0 Å². The number of fused-ring (bicyclic) bond motifs is 1. The van der Waals surface area contributed by atoms with Crippen molar-refractivity contribution in [3.63, 3.8) is 0 Å². The van der Waals surface area contributed by atoms with Gasteiger partial charge in [0.2, 0.25) is 0 Å². The van der Waals surface area contributed by atoms with Crippen LogP contribution in [-0.4, -0.2) is 48.8 Å². The van der Waals surface area contributed by atoms with Gasteiger partial charge in [0.15, 0.2) is 9.84 Å². The van der Waals surface area contributed by atoms with Crippen LogP contribution in [0.3, 0.4) is 0 Å². The van der Waals surface area contributed by atoms with Gasteiger partial charge in [-0.15, -0.1) is 0 Å². The van der Waals surface area contributed by atoms with Crippen molar-refractivity contribution in [2.24, 2.45) is 0 Å². The summed E-state index contributed by atoms with van der Waals surface area (Å²) in [7, 11) is -1.39. The average Bonchev–Trinajstić information content (AvgIpc) is 2.85. The lowest BCUT2D eigenvalue weighted by Gasteiger charge is -2.24. The van der Waals surface area contributed by atoms with Crippen LogP contribution < -0.4 is 0 Å². The molecule has 1 saturated heterocycles. The number of sulfone groups is 1. The SMILES string of the molecule is Cc1nc2ccc(Cl)cc2cc1C(=O)N(C)C1CCS(=O)(=O)C1. The second-order valence-electron chi connectivity index (χ2n) is 5.93. The molecule has 0 N–H and O–H groups in total. The van der Waals surface area contributed by atoms with Crippen LogP contribution in [0.1, 0.15) is 22.5 Å². The van der Waals surface area contributed by atoms with Gasteiger partial charge in [0.05, 0.1) is 28.3 Å². The molecule has 23 heavy (non-hydrogen) atoms. The fourth-order valence-electron chi connectivity index (χ4n) is 2.90. The molecule has 1 aromatic carbocycles. The summed E-state index contributed by atoms with van der Waals surface area (Å²) in [6.07, 6.45) is 0.483. The maximum Gasteiger partial charge on any atom is 0.255 e. The van der Waals surface area contributed by atoms with Gasteiger partial charge in [-0.25, -0.2) is 8.42 Å². The number of aryl methyl sites for hydroxylation is 1. The zero-order valence-electron chi connectivity index (χ0n) is 12.9. The molecule has 0 spiro atoms. The van der Waals surface area contributed by atoms with Crippen LogP contribution >= 0.6 is 11.6 Å². The lowest BCUT2D eigenvalue weighted by atomic mass is 10.1. The van der Waals surface area contributed by atoms with Crippen molar-refractivity contribution < 1.29 is 13.2 Å². The summed E-state index contributed by atoms with van der Waals surface area (Å²) in [5, 5.41) is 1.37. The highest BCUT2D eigenvalue weighted by Crippen LogP contribution is 2.23. The fourth-order valence-corrected chi connectivity index (χ4v) is 4.85. The topological polar surface area (TPSA) is 67.3 Å². The third-order valence-electron chi connectivity index (χ3n) is 4.27. The number of amides is 1. The third kappa shape index (κ3) is 3.19. The second kappa shape index (κ2) is 5.76. The second-order valence-corrected chi connectivity index (χ2v) is 8.60. The van der Waals surface area contributed by atoms with E-state index < -0.39 is 9.84 Å². The molecular formula is C16H17ClN2O3S. The van der Waals surface area contributed by atoms with Gasteiger partial charge in [0, 0.05) is 23.5 Å². The first-order valence-electron chi connectivity index (χ1n) is 7.31. The molecule has 3 rings (SSSR count). The van der Waals surface area contributed by atoms with E-state index in [4.69, 9.17) is 11.6 Å². The predicted octanol–water partition coefficient (Wildman–Crippen LogP) is 2.46. The van der Waals surface area contributed by atoms with E-state index in [9.17, 15) is 13.2 Å². The Labute approximate surface area is 140 Å². The smallest absolute Gasteiger partial charge is 0.255 e. The van der Waals surface area contributed by atoms with E-state index >= 15 is 0 Å². The minimum atomic E-state index is -3.03. The molecule has 1 aliphatic rings. The summed E-state index contributed by atoms with van der Waals surface area (Å²) in [5.74, 6) is -0.0417. The molecule has 2 heterocycles. The highest BCUT2D eigenvalue weighted by molar-refractivity contribution is 7.91. The first-order chi connectivity index (χ1) is 10.8. The molecule has 5 nitrogen and oxygen atoms in total. The standard InChI is InChI=1S/C16H17ClN2O3S/c1-10-14(8-11-7-12(17)3-4-15(11)18-10)16(20)19(2)13-5-6-23(21,22)9-13/h3-4,7-8,13H,5-6,9H2,1-2H3. The molecule has 7 heteroatoms. The molecular weight excluding hydrogens is 336 g/mol. The molecule has 0 saturated carbocycles. The van der Waals surface area contributed by atoms with E-state index in [0.717, 1.165) is 10.9 Å². The number of carbonyl (C=O) groups is 1. The minimum absolute atomic E-state index is 0.0289. The number of benzene rings is 1. The van der Waals surface area contributed by atoms with Crippen LogP contribution in [0, 0.1) is 6.92 Å². The molecule has 122 valence electrons. The largest absolute Gasteiger partial charge is 0.338 e. The van der Waals surface area contributed by atoms with Gasteiger partial charge in [-0.3, -0.25) is 9.78 Å². The molecule has 1 aromatic heterocycles. The van der Waals surface area contributed by atoms with Crippen molar-refractivity contribution in [1.29, 1.82) is 0 Å². The molecule has 1 unspecified atom stereocenters. The van der Waals surface area contributed by atoms with Gasteiger partial charge in [0.1, 0.15) is 0 Å². The number of carbonyl (C=O) groups excluding carboxylic acids is 1. The molecule has 0 aliphatic carbocycles. The maximum atomic E-state index is 12.8. The zero-order chi connectivity index (χ0) is 16.8. The van der Waals surface area contributed by atoms with Crippen molar-refractivity contribution in [3.8, 4) is 0 Å². The first-order valence-corrected chi connectivity index (χ1v) is 9.51. The Bertz CT molecular complexity index is 896. The Morgan fingerprint density at radius 2 is 2.09 bits per heavy atom. The number of aromatic nitrogens is 1. The number of pyridine rings is 1. The molecule has 1 fully saturated rings. The van der Waals surface area contributed by atoms with Gasteiger partial charge in [-0.05, 0) is 37.6 Å². The summed E-state index contributed by atoms with van der Waals surface area (Å²) in [4.78, 5) is 18.7. The molecule has 1 aliphatic heterocycles. The van der Waals surface area contributed by atoms with Gasteiger partial charge in [0.25, 0.3) is 5.91 Å². The Balaban J connectivity index is 1.95. The quantitative estimate of drug-likeness (QED) is 0.832. The van der Waals surface area contributed by atoms with Crippen molar-refractivity contribution in [1.82, 2.24) is 9.88 Å². The summed E-state index contributed by atoms with van der Waals surface area (Å²) in [6, 6.07) is 6.83. The number of hydrogen-bond acceptors (Lipinski definition) is 4. The zero-order valence-corrected chi connectivity index (χ0v) is 14.5. The number of hydrogen-bond donors (Lipinski definition) is 0. The van der Waals surface area contributed by atoms with Crippen molar-refractivity contribution in [2.75, 3.05) is 18.6 Å². The monoisotopic (exact) mass is 352 g/mol. The third-order valence-corrected chi connectivity index (χ3v) is 6.26. The van der Waals surface area contributed by atoms with Crippen molar-refractivity contribution in [3.05, 3.63) is 40.5 Å². The molecule has 2 aromatic rings. The average molecular weight is 353 g/mol. The van der Waals surface area contributed by atoms with E-state index in [-0.39, 0.29) is 23.5 Å². The van der Waals surface area contributed by atoms with Crippen LogP contribution in [0.5, 0.6) is 0 Å². The summed E-state index contributed by atoms with van der Waals surface area (Å²) in [5.41, 5.74) is 1.87. The van der Waals surface area contributed by atoms with Gasteiger partial charge < -0.3 is 4.90 Å². The minimum Gasteiger partial charge on any atom is -0.338 e. The van der Waals surface area contributed by atoms with Crippen LogP contribution in [0.15, 0.2) is 24.3 Å². The fraction of sp³-hybridized carbons (Fsp3) is 0.375. The number of rotatable bonds is 2. The summed E-state index contributed by atoms with van der Waals surface area (Å²) in [6.45, 7) is 1.78. The molecule has 1 atom stereocenters. The van der Waals surface area contributed by atoms with E-state index in [1.165, 1.54) is 4.90 Å². The maximum absolute atomic E-state index is 12.8. The first kappa shape index (κ1) is 16.2. The molecule has 1 amide bonds. The Morgan fingerprint density at radius 1 is 1.35 bits per heavy atom. The van der Waals surface area contributed by atoms with E-state index in [0.29, 0.717) is 22.7 Å². The highest BCUT2D eigenvalue weighted by Gasteiger charge is 2.33. The van der Waals surface area contributed by atoms with Gasteiger partial charge >= 0.3 is 0 Å². The lowest BCUT2D eigenvalue weighted by Crippen LogP contribution is -2.38. The van der Waals surface area contributed by atoms with Crippen molar-refractivity contribution in [2.45, 2.75) is 19.4 Å². The van der Waals surface area contributed by atoms with E-state index in [1.54, 1.807) is 32.2 Å². The van der Waals surface area contributed by atoms with Crippen LogP contribution in [0.25, 0.3) is 10.9 Å². The summed E-state index contributed by atoms with van der Waals surface area (Å²) >= 11 is 6.00. The van der Waals surface area contributed by atoms with E-state index in [2.05, 4.69) is 4.98 Å². The van der Waals surface area contributed by atoms with Crippen molar-refractivity contribution >= 4 is 38.2 Å². The highest BCUT2D eigenvalue weighted by atomic mass is 35.5. The number of nitrogens with zero attached hydrogens (tertiary/aromatic N) is 2. The number of halogens is 1. The Hall–Kier alpha value is -1.66. The lowest BCUT2D eigenvalue weighted by molar-refractivity contribution is 0.0746. The Kier molecular flexibility index (Phi) is 4.06. The molecule has 0 bridgehead atoms. The van der Waals surface area contributed by atoms with Gasteiger partial charge in [-0.1, -0.05) is 11.6 Å². The van der Waals surface area contributed by atoms with Gasteiger partial charge in [-0.2, -0.15) is 0 Å². The Morgan fingerprint density at radius 3 is 2.74 bits per heavy atom.